The van der Waals surface area contributed by atoms with Crippen LogP contribution in [0.4, 0.5) is 0 Å². The molecule has 3 heteroatoms. The Morgan fingerprint density at radius 1 is 0.224 bits per heavy atom. The third-order valence-electron chi connectivity index (χ3n) is 14.6. The zero-order chi connectivity index (χ0) is 44.1. The highest BCUT2D eigenvalue weighted by atomic mass is 28.3. The van der Waals surface area contributed by atoms with Gasteiger partial charge in [0.25, 0.3) is 0 Å². The second-order valence-electron chi connectivity index (χ2n) is 18.0. The summed E-state index contributed by atoms with van der Waals surface area (Å²) in [4.78, 5) is 0. The maximum absolute atomic E-state index is 3.11. The molecule has 0 aliphatic heterocycles. The van der Waals surface area contributed by atoms with E-state index >= 15 is 0 Å². The highest BCUT2D eigenvalue weighted by Crippen LogP contribution is 2.40. The first-order valence-electron chi connectivity index (χ1n) is 23.2. The van der Waals surface area contributed by atoms with E-state index in [9.17, 15) is 0 Å². The maximum atomic E-state index is 2.50. The van der Waals surface area contributed by atoms with Gasteiger partial charge in [0.05, 0.1) is 22.1 Å². The molecular weight excluding hydrogens is 825 g/mol. The summed E-state index contributed by atoms with van der Waals surface area (Å²) < 4.78 is 4.93. The molecule has 0 radical (unpaired) electrons. The van der Waals surface area contributed by atoms with Crippen molar-refractivity contribution < 1.29 is 0 Å². The van der Waals surface area contributed by atoms with Crippen molar-refractivity contribution in [2.24, 2.45) is 0 Å². The van der Waals surface area contributed by atoms with E-state index in [2.05, 4.69) is 264 Å². The van der Waals surface area contributed by atoms with Gasteiger partial charge < -0.3 is 9.13 Å². The van der Waals surface area contributed by atoms with Crippen LogP contribution in [-0.2, 0) is 0 Å². The molecule has 312 valence electrons. The lowest BCUT2D eigenvalue weighted by Crippen LogP contribution is -2.74. The molecular formula is C64H42N2Si. The Bertz CT molecular complexity index is 3730. The van der Waals surface area contributed by atoms with Gasteiger partial charge in [-0.1, -0.05) is 200 Å². The predicted octanol–water partition coefficient (Wildman–Crippen LogP) is 13.8. The molecule has 2 aromatic heterocycles. The van der Waals surface area contributed by atoms with Gasteiger partial charge in [0.1, 0.15) is 0 Å². The summed E-state index contributed by atoms with van der Waals surface area (Å²) in [6.07, 6.45) is 0. The van der Waals surface area contributed by atoms with Crippen LogP contribution in [0.3, 0.4) is 0 Å². The zero-order valence-corrected chi connectivity index (χ0v) is 37.6. The number of rotatable bonds is 8. The molecule has 0 saturated carbocycles. The molecule has 0 aliphatic rings. The quantitative estimate of drug-likeness (QED) is 0.0818. The second-order valence-corrected chi connectivity index (χ2v) is 21.9. The van der Waals surface area contributed by atoms with E-state index in [0.717, 1.165) is 11.4 Å². The van der Waals surface area contributed by atoms with Crippen molar-refractivity contribution in [2.75, 3.05) is 0 Å². The van der Waals surface area contributed by atoms with Gasteiger partial charge in [-0.05, 0) is 119 Å². The van der Waals surface area contributed by atoms with E-state index in [4.69, 9.17) is 0 Å². The minimum absolute atomic E-state index is 1.16. The summed E-state index contributed by atoms with van der Waals surface area (Å²) in [7, 11) is -3.11. The molecule has 0 bridgehead atoms. The van der Waals surface area contributed by atoms with Crippen LogP contribution in [0.25, 0.3) is 98.8 Å². The predicted molar refractivity (Wildman–Crippen MR) is 287 cm³/mol. The van der Waals surface area contributed by atoms with Gasteiger partial charge in [-0.25, -0.2) is 0 Å². The molecule has 0 saturated heterocycles. The lowest BCUT2D eigenvalue weighted by Gasteiger charge is -2.35. The minimum atomic E-state index is -3.11. The largest absolute Gasteiger partial charge is 0.309 e. The molecule has 12 aromatic carbocycles. The molecule has 0 amide bonds. The number of aromatic nitrogens is 2. The zero-order valence-electron chi connectivity index (χ0n) is 36.6. The maximum Gasteiger partial charge on any atom is 0.179 e. The van der Waals surface area contributed by atoms with Crippen molar-refractivity contribution in [3.8, 4) is 33.6 Å². The molecule has 0 aliphatic carbocycles. The van der Waals surface area contributed by atoms with Crippen molar-refractivity contribution in [2.45, 2.75) is 0 Å². The Kier molecular flexibility index (Phi) is 8.34. The molecule has 0 N–H and O–H groups in total. The minimum Gasteiger partial charge on any atom is -0.309 e. The highest BCUT2D eigenvalue weighted by molar-refractivity contribution is 7.20. The van der Waals surface area contributed by atoms with Crippen LogP contribution in [0.15, 0.2) is 255 Å². The fourth-order valence-electron chi connectivity index (χ4n) is 11.6. The number of benzene rings is 12. The van der Waals surface area contributed by atoms with E-state index in [-0.39, 0.29) is 0 Å². The average molecular weight is 867 g/mol. The van der Waals surface area contributed by atoms with Crippen molar-refractivity contribution in [1.82, 2.24) is 9.13 Å². The van der Waals surface area contributed by atoms with Crippen LogP contribution >= 0.6 is 0 Å². The van der Waals surface area contributed by atoms with E-state index in [0.29, 0.717) is 0 Å². The van der Waals surface area contributed by atoms with Crippen molar-refractivity contribution >= 4 is 94.0 Å². The van der Waals surface area contributed by atoms with E-state index < -0.39 is 8.07 Å². The Morgan fingerprint density at radius 3 is 0.910 bits per heavy atom. The fraction of sp³-hybridized carbons (Fsp3) is 0. The molecule has 14 rings (SSSR count). The van der Waals surface area contributed by atoms with Crippen LogP contribution in [0.2, 0.25) is 0 Å². The van der Waals surface area contributed by atoms with E-state index in [1.54, 1.807) is 0 Å². The molecule has 0 unspecified atom stereocenters. The lowest BCUT2D eigenvalue weighted by molar-refractivity contribution is 1.18. The first kappa shape index (κ1) is 37.8. The molecule has 2 heterocycles. The van der Waals surface area contributed by atoms with E-state index in [1.165, 1.54) is 108 Å². The van der Waals surface area contributed by atoms with Gasteiger partial charge in [0.15, 0.2) is 8.07 Å². The second kappa shape index (κ2) is 14.8. The summed E-state index contributed by atoms with van der Waals surface area (Å²) in [6, 6.07) is 95.7. The number of nitrogens with zero attached hydrogens (tertiary/aromatic N) is 2. The molecule has 2 nitrogen and oxygen atoms in total. The summed E-state index contributed by atoms with van der Waals surface area (Å²) >= 11 is 0. The Balaban J connectivity index is 1.04. The normalized spacial score (nSPS) is 12.2. The van der Waals surface area contributed by atoms with Gasteiger partial charge in [-0.3, -0.25) is 0 Å². The SMILES string of the molecule is c1ccc(-c2cc(-c3ccccc3)cc([Si](c3ccccc3)(c3ccc(-n4c5cccc6ccc7cccc4c7c65)cc3)c3ccc(-n4c5cccc6ccc7cccc4c7c65)cc3)c2)cc1. The monoisotopic (exact) mass is 866 g/mol. The summed E-state index contributed by atoms with van der Waals surface area (Å²) in [5, 5.41) is 15.7. The highest BCUT2D eigenvalue weighted by Gasteiger charge is 2.42. The molecule has 0 spiro atoms. The van der Waals surface area contributed by atoms with Gasteiger partial charge in [-0.2, -0.15) is 0 Å². The third-order valence-corrected chi connectivity index (χ3v) is 19.3. The van der Waals surface area contributed by atoms with Crippen molar-refractivity contribution in [3.05, 3.63) is 255 Å². The van der Waals surface area contributed by atoms with Crippen LogP contribution in [0, 0.1) is 0 Å². The number of hydrogen-bond acceptors (Lipinski definition) is 0. The molecule has 0 atom stereocenters. The first-order chi connectivity index (χ1) is 33.2. The summed E-state index contributed by atoms with van der Waals surface area (Å²) in [5.41, 5.74) is 12.1. The molecule has 67 heavy (non-hydrogen) atoms. The molecule has 0 fully saturated rings. The Hall–Kier alpha value is -8.50. The smallest absolute Gasteiger partial charge is 0.179 e. The molecule has 14 aromatic rings. The van der Waals surface area contributed by atoms with Crippen molar-refractivity contribution in [1.29, 1.82) is 0 Å². The standard InChI is InChI=1S/C64H42N2Si/c1-4-14-43(15-5-1)49-40-50(44-16-6-2-7-17-44)42-56(41-49)67(53-22-8-3-9-23-53,54-36-32-51(33-37-54)65-57-24-10-18-45-28-29-46-19-11-25-58(65)62(46)61(45)57)55-38-34-52(35-39-55)66-59-26-12-20-47-30-31-48-21-13-27-60(66)64(48)63(47)59/h1-42H. The van der Waals surface area contributed by atoms with Gasteiger partial charge in [0, 0.05) is 32.9 Å². The van der Waals surface area contributed by atoms with Crippen molar-refractivity contribution in [3.63, 3.8) is 0 Å². The van der Waals surface area contributed by atoms with Gasteiger partial charge in [0.2, 0.25) is 0 Å². The van der Waals surface area contributed by atoms with Crippen LogP contribution in [0.1, 0.15) is 0 Å². The van der Waals surface area contributed by atoms with Crippen LogP contribution in [0.5, 0.6) is 0 Å². The topological polar surface area (TPSA) is 9.86 Å². The Labute approximate surface area is 389 Å². The number of hydrogen-bond donors (Lipinski definition) is 0. The fourth-order valence-corrected chi connectivity index (χ4v) is 16.4. The van der Waals surface area contributed by atoms with Crippen LogP contribution in [-0.4, -0.2) is 17.2 Å². The average Bonchev–Trinajstić information content (AvgIpc) is 3.94. The first-order valence-corrected chi connectivity index (χ1v) is 25.2. The van der Waals surface area contributed by atoms with Gasteiger partial charge in [-0.15, -0.1) is 0 Å². The summed E-state index contributed by atoms with van der Waals surface area (Å²) in [6.45, 7) is 0. The lowest BCUT2D eigenvalue weighted by atomic mass is 9.99. The summed E-state index contributed by atoms with van der Waals surface area (Å²) in [5.74, 6) is 0. The van der Waals surface area contributed by atoms with Crippen LogP contribution < -0.4 is 20.7 Å². The van der Waals surface area contributed by atoms with E-state index in [1.807, 2.05) is 0 Å². The Morgan fingerprint density at radius 2 is 0.552 bits per heavy atom. The third kappa shape index (κ3) is 5.62. The van der Waals surface area contributed by atoms with Gasteiger partial charge >= 0.3 is 0 Å².